The smallest absolute Gasteiger partial charge is 0.251 e. The Balaban J connectivity index is 1.85. The fourth-order valence-electron chi connectivity index (χ4n) is 2.90. The van der Waals surface area contributed by atoms with E-state index in [2.05, 4.69) is 10.2 Å². The van der Waals surface area contributed by atoms with Crippen molar-refractivity contribution in [1.82, 2.24) is 10.2 Å². The van der Waals surface area contributed by atoms with E-state index in [0.717, 1.165) is 30.8 Å². The number of anilines is 1. The summed E-state index contributed by atoms with van der Waals surface area (Å²) in [5.41, 5.74) is 9.27. The van der Waals surface area contributed by atoms with Crippen molar-refractivity contribution in [2.45, 2.75) is 39.5 Å². The highest BCUT2D eigenvalue weighted by molar-refractivity contribution is 5.96. The van der Waals surface area contributed by atoms with E-state index in [4.69, 9.17) is 5.73 Å². The number of amides is 1. The van der Waals surface area contributed by atoms with Gasteiger partial charge in [-0.2, -0.15) is 0 Å². The fraction of sp³-hybridized carbons (Fsp3) is 0.588. The summed E-state index contributed by atoms with van der Waals surface area (Å²) in [5, 5.41) is 3.02. The van der Waals surface area contributed by atoms with E-state index in [1.165, 1.54) is 25.7 Å². The minimum Gasteiger partial charge on any atom is -0.398 e. The number of hydrogen-bond acceptors (Lipinski definition) is 3. The Morgan fingerprint density at radius 2 is 1.81 bits per heavy atom. The van der Waals surface area contributed by atoms with Gasteiger partial charge in [-0.3, -0.25) is 4.79 Å². The zero-order chi connectivity index (χ0) is 15.2. The molecule has 1 aromatic rings. The molecule has 1 aliphatic rings. The first-order valence-electron chi connectivity index (χ1n) is 7.95. The maximum Gasteiger partial charge on any atom is 0.251 e. The van der Waals surface area contributed by atoms with Gasteiger partial charge in [-0.25, -0.2) is 0 Å². The van der Waals surface area contributed by atoms with Crippen molar-refractivity contribution in [2.24, 2.45) is 0 Å². The van der Waals surface area contributed by atoms with Gasteiger partial charge in [0.1, 0.15) is 0 Å². The molecule has 0 bridgehead atoms. The first-order valence-corrected chi connectivity index (χ1v) is 7.95. The number of nitrogens with two attached hydrogens (primary N) is 1. The summed E-state index contributed by atoms with van der Waals surface area (Å²) in [6.45, 7) is 7.87. The van der Waals surface area contributed by atoms with Crippen molar-refractivity contribution in [3.05, 3.63) is 28.8 Å². The van der Waals surface area contributed by atoms with Crippen LogP contribution in [0.15, 0.2) is 12.1 Å². The number of hydrogen-bond donors (Lipinski definition) is 2. The van der Waals surface area contributed by atoms with E-state index in [1.54, 1.807) is 6.07 Å². The van der Waals surface area contributed by atoms with E-state index in [-0.39, 0.29) is 5.91 Å². The van der Waals surface area contributed by atoms with Gasteiger partial charge in [0.05, 0.1) is 0 Å². The number of carbonyl (C=O) groups is 1. The molecule has 1 heterocycles. The summed E-state index contributed by atoms with van der Waals surface area (Å²) in [7, 11) is 0. The Hall–Kier alpha value is -1.55. The zero-order valence-electron chi connectivity index (χ0n) is 13.2. The number of likely N-dealkylation sites (tertiary alicyclic amines) is 1. The van der Waals surface area contributed by atoms with Crippen LogP contribution in [0.3, 0.4) is 0 Å². The molecule has 0 radical (unpaired) electrons. The van der Waals surface area contributed by atoms with Crippen LogP contribution in [0.5, 0.6) is 0 Å². The van der Waals surface area contributed by atoms with Crippen LogP contribution in [0.25, 0.3) is 0 Å². The summed E-state index contributed by atoms with van der Waals surface area (Å²) in [6.07, 6.45) is 5.23. The standard InChI is InChI=1S/C17H27N3O/c1-13-11-14(2)16(18)12-15(13)17(21)19-7-10-20-8-5-3-4-6-9-20/h11-12H,3-10,18H2,1-2H3,(H,19,21). The molecule has 0 saturated carbocycles. The Kier molecular flexibility index (Phi) is 5.62. The molecule has 1 fully saturated rings. The highest BCUT2D eigenvalue weighted by Crippen LogP contribution is 2.17. The molecule has 1 aromatic carbocycles. The summed E-state index contributed by atoms with van der Waals surface area (Å²) >= 11 is 0. The van der Waals surface area contributed by atoms with Gasteiger partial charge in [-0.05, 0) is 57.0 Å². The van der Waals surface area contributed by atoms with E-state index in [1.807, 2.05) is 19.9 Å². The lowest BCUT2D eigenvalue weighted by Crippen LogP contribution is -2.35. The number of rotatable bonds is 4. The molecule has 21 heavy (non-hydrogen) atoms. The molecule has 1 amide bonds. The molecule has 4 nitrogen and oxygen atoms in total. The largest absolute Gasteiger partial charge is 0.398 e. The van der Waals surface area contributed by atoms with Gasteiger partial charge >= 0.3 is 0 Å². The minimum atomic E-state index is -0.0194. The molecule has 3 N–H and O–H groups in total. The Morgan fingerprint density at radius 3 is 2.48 bits per heavy atom. The van der Waals surface area contributed by atoms with Crippen molar-refractivity contribution in [1.29, 1.82) is 0 Å². The number of benzene rings is 1. The average Bonchev–Trinajstić information content (AvgIpc) is 2.71. The van der Waals surface area contributed by atoms with Gasteiger partial charge in [0, 0.05) is 24.3 Å². The van der Waals surface area contributed by atoms with Crippen molar-refractivity contribution >= 4 is 11.6 Å². The second-order valence-corrected chi connectivity index (χ2v) is 6.04. The first-order chi connectivity index (χ1) is 10.1. The summed E-state index contributed by atoms with van der Waals surface area (Å²) in [6, 6.07) is 3.75. The average molecular weight is 289 g/mol. The quantitative estimate of drug-likeness (QED) is 0.837. The molecule has 1 aliphatic heterocycles. The normalized spacial score (nSPS) is 16.5. The van der Waals surface area contributed by atoms with Crippen LogP contribution in [0.2, 0.25) is 0 Å². The van der Waals surface area contributed by atoms with Crippen LogP contribution < -0.4 is 11.1 Å². The molecule has 0 atom stereocenters. The first kappa shape index (κ1) is 15.8. The van der Waals surface area contributed by atoms with Crippen LogP contribution in [0.4, 0.5) is 5.69 Å². The summed E-state index contributed by atoms with van der Waals surface area (Å²) in [5.74, 6) is -0.0194. The molecular weight excluding hydrogens is 262 g/mol. The minimum absolute atomic E-state index is 0.0194. The number of nitrogens with one attached hydrogen (secondary N) is 1. The lowest BCUT2D eigenvalue weighted by molar-refractivity contribution is 0.0948. The van der Waals surface area contributed by atoms with Crippen LogP contribution in [-0.2, 0) is 0 Å². The third kappa shape index (κ3) is 4.46. The fourth-order valence-corrected chi connectivity index (χ4v) is 2.90. The van der Waals surface area contributed by atoms with Crippen LogP contribution in [0.1, 0.15) is 47.2 Å². The molecule has 116 valence electrons. The van der Waals surface area contributed by atoms with Crippen molar-refractivity contribution in [3.8, 4) is 0 Å². The molecular formula is C17H27N3O. The molecule has 0 aliphatic carbocycles. The molecule has 1 saturated heterocycles. The molecule has 4 heteroatoms. The van der Waals surface area contributed by atoms with Crippen molar-refractivity contribution in [2.75, 3.05) is 31.9 Å². The summed E-state index contributed by atoms with van der Waals surface area (Å²) < 4.78 is 0. The predicted octanol–water partition coefficient (Wildman–Crippen LogP) is 2.49. The van der Waals surface area contributed by atoms with E-state index >= 15 is 0 Å². The Labute approximate surface area is 127 Å². The zero-order valence-corrected chi connectivity index (χ0v) is 13.2. The van der Waals surface area contributed by atoms with Crippen LogP contribution in [-0.4, -0.2) is 37.0 Å². The molecule has 0 unspecified atom stereocenters. The third-order valence-corrected chi connectivity index (χ3v) is 4.27. The van der Waals surface area contributed by atoms with Gasteiger partial charge in [0.2, 0.25) is 0 Å². The number of nitrogens with zero attached hydrogens (tertiary/aromatic N) is 1. The van der Waals surface area contributed by atoms with Crippen LogP contribution >= 0.6 is 0 Å². The summed E-state index contributed by atoms with van der Waals surface area (Å²) in [4.78, 5) is 14.7. The second kappa shape index (κ2) is 7.46. The number of carbonyl (C=O) groups excluding carboxylic acids is 1. The third-order valence-electron chi connectivity index (χ3n) is 4.27. The molecule has 0 aromatic heterocycles. The van der Waals surface area contributed by atoms with Gasteiger partial charge < -0.3 is 16.0 Å². The lowest BCUT2D eigenvalue weighted by atomic mass is 10.0. The highest BCUT2D eigenvalue weighted by atomic mass is 16.1. The monoisotopic (exact) mass is 289 g/mol. The van der Waals surface area contributed by atoms with Gasteiger partial charge in [0.25, 0.3) is 5.91 Å². The van der Waals surface area contributed by atoms with Gasteiger partial charge in [-0.1, -0.05) is 18.9 Å². The van der Waals surface area contributed by atoms with Gasteiger partial charge in [0.15, 0.2) is 0 Å². The SMILES string of the molecule is Cc1cc(C)c(C(=O)NCCN2CCCCCC2)cc1N. The van der Waals surface area contributed by atoms with Crippen LogP contribution in [0, 0.1) is 13.8 Å². The van der Waals surface area contributed by atoms with E-state index < -0.39 is 0 Å². The number of nitrogen functional groups attached to an aromatic ring is 1. The number of aryl methyl sites for hydroxylation is 2. The topological polar surface area (TPSA) is 58.4 Å². The highest BCUT2D eigenvalue weighted by Gasteiger charge is 2.12. The predicted molar refractivity (Wildman–Crippen MR) is 87.6 cm³/mol. The Morgan fingerprint density at radius 1 is 1.14 bits per heavy atom. The maximum absolute atomic E-state index is 12.3. The lowest BCUT2D eigenvalue weighted by Gasteiger charge is -2.20. The molecule has 0 spiro atoms. The maximum atomic E-state index is 12.3. The Bertz CT molecular complexity index is 491. The van der Waals surface area contributed by atoms with Gasteiger partial charge in [-0.15, -0.1) is 0 Å². The molecule has 2 rings (SSSR count). The van der Waals surface area contributed by atoms with E-state index in [9.17, 15) is 4.79 Å². The van der Waals surface area contributed by atoms with E-state index in [0.29, 0.717) is 17.8 Å². The van der Waals surface area contributed by atoms with Crippen molar-refractivity contribution in [3.63, 3.8) is 0 Å². The van der Waals surface area contributed by atoms with Crippen molar-refractivity contribution < 1.29 is 4.79 Å². The second-order valence-electron chi connectivity index (χ2n) is 6.04.